The van der Waals surface area contributed by atoms with Gasteiger partial charge >= 0.3 is 23.9 Å². The third kappa shape index (κ3) is 1.32. The van der Waals surface area contributed by atoms with Gasteiger partial charge in [-0.3, -0.25) is 19.2 Å². The molecule has 0 aromatic rings. The molecule has 2 heterocycles. The van der Waals surface area contributed by atoms with Gasteiger partial charge in [-0.1, -0.05) is 0 Å². The third-order valence-corrected chi connectivity index (χ3v) is 7.30. The second kappa shape index (κ2) is 5.24. The van der Waals surface area contributed by atoms with Gasteiger partial charge in [-0.25, -0.2) is 0 Å². The van der Waals surface area contributed by atoms with E-state index in [-0.39, 0.29) is 0 Å². The number of fused-ring (bicyclic) bond motifs is 8. The van der Waals surface area contributed by atoms with Gasteiger partial charge < -0.3 is 23.7 Å². The van der Waals surface area contributed by atoms with E-state index in [4.69, 9.17) is 23.7 Å². The fourth-order valence-electron chi connectivity index (χ4n) is 6.46. The van der Waals surface area contributed by atoms with Crippen LogP contribution >= 0.6 is 0 Å². The van der Waals surface area contributed by atoms with Crippen molar-refractivity contribution in [2.24, 2.45) is 33.5 Å². The molecule has 152 valence electrons. The highest BCUT2D eigenvalue weighted by Gasteiger charge is 3.13. The summed E-state index contributed by atoms with van der Waals surface area (Å²) in [5, 5.41) is 19.5. The molecular weight excluding hydrogens is 388 g/mol. The zero-order valence-electron chi connectivity index (χ0n) is 15.9. The molecule has 2 saturated heterocycles. The van der Waals surface area contributed by atoms with Crippen LogP contribution in [0.5, 0.6) is 0 Å². The van der Waals surface area contributed by atoms with E-state index in [1.165, 1.54) is 0 Å². The van der Waals surface area contributed by atoms with Gasteiger partial charge in [0.1, 0.15) is 21.7 Å². The van der Waals surface area contributed by atoms with Gasteiger partial charge in [0.05, 0.1) is 64.6 Å². The molecule has 2 bridgehead atoms. The molecule has 0 N–H and O–H groups in total. The molecule has 29 heavy (non-hydrogen) atoms. The number of nitriles is 2. The quantitative estimate of drug-likeness (QED) is 0.405. The number of hydrogen-bond donors (Lipinski definition) is 0. The Kier molecular flexibility index (Phi) is 3.46. The predicted octanol–water partition coefficient (Wildman–Crippen LogP) is -1.29. The van der Waals surface area contributed by atoms with E-state index in [1.807, 2.05) is 12.1 Å². The lowest BCUT2D eigenvalue weighted by molar-refractivity contribution is -0.168. The monoisotopic (exact) mass is 404 g/mol. The van der Waals surface area contributed by atoms with Crippen molar-refractivity contribution >= 4 is 23.9 Å². The number of carbonyl (C=O) groups is 4. The van der Waals surface area contributed by atoms with Gasteiger partial charge in [0.15, 0.2) is 0 Å². The summed E-state index contributed by atoms with van der Waals surface area (Å²) in [6.07, 6.45) is -2.96. The van der Waals surface area contributed by atoms with Crippen LogP contribution in [-0.4, -0.2) is 64.5 Å². The van der Waals surface area contributed by atoms with Gasteiger partial charge in [-0.2, -0.15) is 10.5 Å². The molecule has 11 heteroatoms. The molecule has 0 aromatic heterocycles. The largest absolute Gasteiger partial charge is 0.468 e. The highest BCUT2D eigenvalue weighted by atomic mass is 16.6. The van der Waals surface area contributed by atoms with Gasteiger partial charge in [0.25, 0.3) is 0 Å². The lowest BCUT2D eigenvalue weighted by atomic mass is 9.68. The first kappa shape index (κ1) is 19.2. The standard InChI is InChI=1S/C18H16N2O9/c1-25-11(21)15-7(5-19)16(15,12(22)26-2)10-18(14(24)28-4)8(6-20)17(18,9(15)29-10)13(23)27-3/h7-10H,1-4H3/t7?,8?,9?,10?,15-,16+,17+,18-. The van der Waals surface area contributed by atoms with E-state index in [0.29, 0.717) is 0 Å². The van der Waals surface area contributed by atoms with Crippen molar-refractivity contribution in [1.29, 1.82) is 10.5 Å². The minimum absolute atomic E-state index is 0.965. The molecule has 2 aliphatic heterocycles. The Labute approximate surface area is 164 Å². The number of rotatable bonds is 4. The molecule has 0 radical (unpaired) electrons. The van der Waals surface area contributed by atoms with Crippen molar-refractivity contribution < 1.29 is 42.9 Å². The Bertz CT molecular complexity index is 829. The van der Waals surface area contributed by atoms with Gasteiger partial charge in [0.2, 0.25) is 0 Å². The van der Waals surface area contributed by atoms with E-state index in [2.05, 4.69) is 0 Å². The van der Waals surface area contributed by atoms with Crippen molar-refractivity contribution in [3.05, 3.63) is 0 Å². The Hall–Kier alpha value is -3.18. The normalized spacial score (nSPS) is 46.8. The van der Waals surface area contributed by atoms with Crippen LogP contribution in [0, 0.1) is 56.2 Å². The van der Waals surface area contributed by atoms with E-state index in [9.17, 15) is 29.7 Å². The summed E-state index contributed by atoms with van der Waals surface area (Å²) >= 11 is 0. The molecule has 4 rings (SSSR count). The summed E-state index contributed by atoms with van der Waals surface area (Å²) in [7, 11) is 4.24. The molecule has 0 spiro atoms. The summed E-state index contributed by atoms with van der Waals surface area (Å²) in [6, 6.07) is 3.81. The van der Waals surface area contributed by atoms with Crippen LogP contribution in [0.1, 0.15) is 0 Å². The van der Waals surface area contributed by atoms with Crippen LogP contribution in [-0.2, 0) is 42.9 Å². The Morgan fingerprint density at radius 3 is 1.07 bits per heavy atom. The predicted molar refractivity (Wildman–Crippen MR) is 84.7 cm³/mol. The number of esters is 4. The Morgan fingerprint density at radius 1 is 0.655 bits per heavy atom. The first-order valence-corrected chi connectivity index (χ1v) is 8.57. The Morgan fingerprint density at radius 2 is 0.897 bits per heavy atom. The average molecular weight is 404 g/mol. The van der Waals surface area contributed by atoms with Crippen LogP contribution in [0.25, 0.3) is 0 Å². The minimum atomic E-state index is -1.91. The highest BCUT2D eigenvalue weighted by Crippen LogP contribution is 2.96. The van der Waals surface area contributed by atoms with Crippen molar-refractivity contribution in [2.75, 3.05) is 28.4 Å². The summed E-state index contributed by atoms with van der Waals surface area (Å²) in [6.45, 7) is 0. The van der Waals surface area contributed by atoms with Crippen molar-refractivity contribution in [3.63, 3.8) is 0 Å². The maximum atomic E-state index is 12.9. The fourth-order valence-corrected chi connectivity index (χ4v) is 6.46. The minimum Gasteiger partial charge on any atom is -0.468 e. The summed E-state index contributed by atoms with van der Waals surface area (Å²) in [5.74, 6) is -6.43. The van der Waals surface area contributed by atoms with Crippen molar-refractivity contribution in [1.82, 2.24) is 0 Å². The molecule has 4 unspecified atom stereocenters. The zero-order chi connectivity index (χ0) is 21.6. The SMILES string of the molecule is COC(=O)[C@@]12C(C#N)[C@]1(C(=O)OC)C1OC2[C@@]2(C(=O)OC)C(C#N)[C@@]12C(=O)OC. The van der Waals surface area contributed by atoms with Crippen LogP contribution in [0.3, 0.4) is 0 Å². The zero-order valence-corrected chi connectivity index (χ0v) is 15.9. The van der Waals surface area contributed by atoms with Crippen molar-refractivity contribution in [3.8, 4) is 12.1 Å². The topological polar surface area (TPSA) is 162 Å². The van der Waals surface area contributed by atoms with Crippen LogP contribution < -0.4 is 0 Å². The summed E-state index contributed by atoms with van der Waals surface area (Å²) in [5.41, 5.74) is -7.64. The molecule has 0 aromatic carbocycles. The molecule has 11 nitrogen and oxygen atoms in total. The number of nitrogens with zero attached hydrogens (tertiary/aromatic N) is 2. The number of hydrogen-bond acceptors (Lipinski definition) is 11. The molecule has 0 amide bonds. The molecule has 2 aliphatic carbocycles. The van der Waals surface area contributed by atoms with Gasteiger partial charge in [0, 0.05) is 0 Å². The third-order valence-electron chi connectivity index (χ3n) is 7.30. The first-order valence-electron chi connectivity index (χ1n) is 8.57. The smallest absolute Gasteiger partial charge is 0.317 e. The maximum absolute atomic E-state index is 12.9. The molecular formula is C18H16N2O9. The van der Waals surface area contributed by atoms with Crippen LogP contribution in [0.15, 0.2) is 0 Å². The van der Waals surface area contributed by atoms with Crippen molar-refractivity contribution in [2.45, 2.75) is 12.2 Å². The van der Waals surface area contributed by atoms with Gasteiger partial charge in [-0.05, 0) is 0 Å². The van der Waals surface area contributed by atoms with E-state index < -0.39 is 69.6 Å². The second-order valence-corrected chi connectivity index (χ2v) is 7.46. The van der Waals surface area contributed by atoms with Crippen LogP contribution in [0.2, 0.25) is 0 Å². The number of carbonyl (C=O) groups excluding carboxylic acids is 4. The maximum Gasteiger partial charge on any atom is 0.317 e. The first-order chi connectivity index (χ1) is 13.8. The number of ether oxygens (including phenoxy) is 5. The molecule has 4 fully saturated rings. The summed E-state index contributed by atoms with van der Waals surface area (Å²) in [4.78, 5) is 51.6. The number of methoxy groups -OCH3 is 4. The highest BCUT2D eigenvalue weighted by molar-refractivity contribution is 6.08. The average Bonchev–Trinajstić information content (AvgIpc) is 3.51. The molecule has 4 aliphatic rings. The van der Waals surface area contributed by atoms with E-state index in [1.54, 1.807) is 0 Å². The summed E-state index contributed by atoms with van der Waals surface area (Å²) < 4.78 is 25.3. The van der Waals surface area contributed by atoms with E-state index >= 15 is 0 Å². The van der Waals surface area contributed by atoms with Gasteiger partial charge in [-0.15, -0.1) is 0 Å². The van der Waals surface area contributed by atoms with Crippen LogP contribution in [0.4, 0.5) is 0 Å². The lowest BCUT2D eigenvalue weighted by Gasteiger charge is -2.30. The van der Waals surface area contributed by atoms with E-state index in [0.717, 1.165) is 28.4 Å². The molecule has 8 atom stereocenters. The fraction of sp³-hybridized carbons (Fsp3) is 0.667. The second-order valence-electron chi connectivity index (χ2n) is 7.46. The molecule has 2 saturated carbocycles. The lowest BCUT2D eigenvalue weighted by Crippen LogP contribution is -2.52. The Balaban J connectivity index is 2.06.